The summed E-state index contributed by atoms with van der Waals surface area (Å²) in [5, 5.41) is 0. The van der Waals surface area contributed by atoms with Gasteiger partial charge < -0.3 is 10.6 Å². The third-order valence-electron chi connectivity index (χ3n) is 3.75. The summed E-state index contributed by atoms with van der Waals surface area (Å²) in [6, 6.07) is 0. The van der Waals surface area contributed by atoms with E-state index in [0.717, 1.165) is 39.1 Å². The predicted molar refractivity (Wildman–Crippen MR) is 64.0 cm³/mol. The Morgan fingerprint density at radius 1 is 1.25 bits per heavy atom. The maximum atomic E-state index is 11.8. The molecule has 16 heavy (non-hydrogen) atoms. The Bertz CT molecular complexity index is 238. The zero-order chi connectivity index (χ0) is 11.4. The summed E-state index contributed by atoms with van der Waals surface area (Å²) < 4.78 is 0. The van der Waals surface area contributed by atoms with Gasteiger partial charge in [0, 0.05) is 19.6 Å². The third kappa shape index (κ3) is 2.95. The molecule has 2 saturated heterocycles. The summed E-state index contributed by atoms with van der Waals surface area (Å²) in [5.74, 6) is 1.03. The molecular weight excluding hydrogens is 202 g/mol. The summed E-state index contributed by atoms with van der Waals surface area (Å²) in [6.45, 7) is 5.49. The second-order valence-corrected chi connectivity index (χ2v) is 5.06. The molecule has 2 aliphatic heterocycles. The number of piperidine rings is 1. The second kappa shape index (κ2) is 5.64. The molecule has 0 bridgehead atoms. The van der Waals surface area contributed by atoms with Gasteiger partial charge in [-0.3, -0.25) is 9.69 Å². The first kappa shape index (κ1) is 11.9. The van der Waals surface area contributed by atoms with Crippen LogP contribution in [0.25, 0.3) is 0 Å². The van der Waals surface area contributed by atoms with Gasteiger partial charge in [-0.15, -0.1) is 0 Å². The number of hydrogen-bond acceptors (Lipinski definition) is 3. The molecule has 0 aromatic carbocycles. The molecule has 0 aromatic rings. The van der Waals surface area contributed by atoms with Crippen molar-refractivity contribution in [3.8, 4) is 0 Å². The number of likely N-dealkylation sites (tertiary alicyclic amines) is 2. The predicted octanol–water partition coefficient (Wildman–Crippen LogP) is 0.279. The standard InChI is InChI=1S/C12H23N3O/c13-5-4-11-3-1-6-14(9-11)10-12(16)15-7-2-8-15/h11H,1-10,13H2. The Hall–Kier alpha value is -0.610. The van der Waals surface area contributed by atoms with E-state index in [1.807, 2.05) is 4.90 Å². The molecule has 2 aliphatic rings. The fourth-order valence-electron chi connectivity index (χ4n) is 2.62. The van der Waals surface area contributed by atoms with Gasteiger partial charge in [0.05, 0.1) is 6.54 Å². The maximum absolute atomic E-state index is 11.8. The van der Waals surface area contributed by atoms with E-state index >= 15 is 0 Å². The van der Waals surface area contributed by atoms with Crippen LogP contribution in [0.3, 0.4) is 0 Å². The number of nitrogens with zero attached hydrogens (tertiary/aromatic N) is 2. The van der Waals surface area contributed by atoms with E-state index in [-0.39, 0.29) is 0 Å². The molecule has 0 spiro atoms. The Labute approximate surface area is 97.8 Å². The summed E-state index contributed by atoms with van der Waals surface area (Å²) >= 11 is 0. The molecule has 2 heterocycles. The SMILES string of the molecule is NCCC1CCCN(CC(=O)N2CCC2)C1. The first-order valence-corrected chi connectivity index (χ1v) is 6.50. The fourth-order valence-corrected chi connectivity index (χ4v) is 2.62. The summed E-state index contributed by atoms with van der Waals surface area (Å²) in [4.78, 5) is 16.1. The molecular formula is C12H23N3O. The van der Waals surface area contributed by atoms with Gasteiger partial charge in [-0.05, 0) is 44.7 Å². The lowest BCUT2D eigenvalue weighted by molar-refractivity contribution is -0.136. The number of hydrogen-bond donors (Lipinski definition) is 1. The van der Waals surface area contributed by atoms with Crippen LogP contribution in [-0.4, -0.2) is 55.0 Å². The van der Waals surface area contributed by atoms with Crippen molar-refractivity contribution in [1.29, 1.82) is 0 Å². The van der Waals surface area contributed by atoms with Crippen LogP contribution in [-0.2, 0) is 4.79 Å². The zero-order valence-electron chi connectivity index (χ0n) is 10.0. The molecule has 92 valence electrons. The number of carbonyl (C=O) groups is 1. The van der Waals surface area contributed by atoms with E-state index in [2.05, 4.69) is 4.90 Å². The van der Waals surface area contributed by atoms with Crippen molar-refractivity contribution in [3.05, 3.63) is 0 Å². The van der Waals surface area contributed by atoms with Gasteiger partial charge in [-0.1, -0.05) is 0 Å². The highest BCUT2D eigenvalue weighted by molar-refractivity contribution is 5.78. The van der Waals surface area contributed by atoms with Crippen molar-refractivity contribution in [2.24, 2.45) is 11.7 Å². The van der Waals surface area contributed by atoms with Crippen LogP contribution in [0.4, 0.5) is 0 Å². The van der Waals surface area contributed by atoms with Crippen molar-refractivity contribution in [2.45, 2.75) is 25.7 Å². The molecule has 4 nitrogen and oxygen atoms in total. The monoisotopic (exact) mass is 225 g/mol. The van der Waals surface area contributed by atoms with Crippen LogP contribution in [0.2, 0.25) is 0 Å². The first-order valence-electron chi connectivity index (χ1n) is 6.50. The highest BCUT2D eigenvalue weighted by Crippen LogP contribution is 2.19. The maximum Gasteiger partial charge on any atom is 0.236 e. The van der Waals surface area contributed by atoms with Crippen molar-refractivity contribution < 1.29 is 4.79 Å². The van der Waals surface area contributed by atoms with Gasteiger partial charge in [0.25, 0.3) is 0 Å². The van der Waals surface area contributed by atoms with Crippen molar-refractivity contribution in [1.82, 2.24) is 9.80 Å². The Morgan fingerprint density at radius 3 is 2.69 bits per heavy atom. The number of rotatable bonds is 4. The second-order valence-electron chi connectivity index (χ2n) is 5.06. The average Bonchev–Trinajstić information content (AvgIpc) is 2.15. The van der Waals surface area contributed by atoms with Gasteiger partial charge in [0.2, 0.25) is 5.91 Å². The van der Waals surface area contributed by atoms with E-state index in [1.165, 1.54) is 19.3 Å². The van der Waals surface area contributed by atoms with E-state index in [9.17, 15) is 4.79 Å². The molecule has 0 aliphatic carbocycles. The van der Waals surface area contributed by atoms with E-state index in [0.29, 0.717) is 18.4 Å². The smallest absolute Gasteiger partial charge is 0.236 e. The molecule has 1 amide bonds. The minimum atomic E-state index is 0.319. The lowest BCUT2D eigenvalue weighted by atomic mass is 9.95. The fraction of sp³-hybridized carbons (Fsp3) is 0.917. The lowest BCUT2D eigenvalue weighted by Gasteiger charge is -2.36. The summed E-state index contributed by atoms with van der Waals surface area (Å²) in [5.41, 5.74) is 5.59. The highest BCUT2D eigenvalue weighted by Gasteiger charge is 2.25. The van der Waals surface area contributed by atoms with Crippen LogP contribution in [0.5, 0.6) is 0 Å². The summed E-state index contributed by atoms with van der Waals surface area (Å²) in [7, 11) is 0. The first-order chi connectivity index (χ1) is 7.79. The quantitative estimate of drug-likeness (QED) is 0.747. The van der Waals surface area contributed by atoms with Gasteiger partial charge in [-0.25, -0.2) is 0 Å². The van der Waals surface area contributed by atoms with Gasteiger partial charge >= 0.3 is 0 Å². The molecule has 4 heteroatoms. The minimum absolute atomic E-state index is 0.319. The molecule has 1 unspecified atom stereocenters. The van der Waals surface area contributed by atoms with Gasteiger partial charge in [0.1, 0.15) is 0 Å². The molecule has 0 saturated carbocycles. The van der Waals surface area contributed by atoms with E-state index < -0.39 is 0 Å². The van der Waals surface area contributed by atoms with E-state index in [4.69, 9.17) is 5.73 Å². The number of nitrogens with two attached hydrogens (primary N) is 1. The summed E-state index contributed by atoms with van der Waals surface area (Å²) in [6.07, 6.45) is 4.79. The van der Waals surface area contributed by atoms with Crippen LogP contribution in [0.15, 0.2) is 0 Å². The molecule has 0 radical (unpaired) electrons. The van der Waals surface area contributed by atoms with Crippen molar-refractivity contribution >= 4 is 5.91 Å². The van der Waals surface area contributed by atoms with Crippen LogP contribution < -0.4 is 5.73 Å². The molecule has 2 fully saturated rings. The largest absolute Gasteiger partial charge is 0.341 e. The van der Waals surface area contributed by atoms with Crippen LogP contribution >= 0.6 is 0 Å². The zero-order valence-corrected chi connectivity index (χ0v) is 10.0. The number of amides is 1. The topological polar surface area (TPSA) is 49.6 Å². The molecule has 0 aromatic heterocycles. The van der Waals surface area contributed by atoms with Gasteiger partial charge in [-0.2, -0.15) is 0 Å². The van der Waals surface area contributed by atoms with Gasteiger partial charge in [0.15, 0.2) is 0 Å². The minimum Gasteiger partial charge on any atom is -0.341 e. The van der Waals surface area contributed by atoms with Crippen LogP contribution in [0.1, 0.15) is 25.7 Å². The highest BCUT2D eigenvalue weighted by atomic mass is 16.2. The van der Waals surface area contributed by atoms with E-state index in [1.54, 1.807) is 0 Å². The molecule has 2 N–H and O–H groups in total. The molecule has 2 rings (SSSR count). The Balaban J connectivity index is 1.73. The lowest BCUT2D eigenvalue weighted by Crippen LogP contribution is -2.49. The van der Waals surface area contributed by atoms with Crippen molar-refractivity contribution in [2.75, 3.05) is 39.3 Å². The van der Waals surface area contributed by atoms with Crippen LogP contribution in [0, 0.1) is 5.92 Å². The molecule has 1 atom stereocenters. The average molecular weight is 225 g/mol. The normalized spacial score (nSPS) is 26.6. The Morgan fingerprint density at radius 2 is 2.06 bits per heavy atom. The third-order valence-corrected chi connectivity index (χ3v) is 3.75. The van der Waals surface area contributed by atoms with Crippen molar-refractivity contribution in [3.63, 3.8) is 0 Å². The Kier molecular flexibility index (Phi) is 4.18. The number of carbonyl (C=O) groups excluding carboxylic acids is 1.